The summed E-state index contributed by atoms with van der Waals surface area (Å²) in [6, 6.07) is 5.34. The van der Waals surface area contributed by atoms with Crippen LogP contribution in [0.15, 0.2) is 42.7 Å². The zero-order chi connectivity index (χ0) is 15.5. The second-order valence-corrected chi connectivity index (χ2v) is 4.63. The van der Waals surface area contributed by atoms with Crippen LogP contribution in [0.25, 0.3) is 0 Å². The van der Waals surface area contributed by atoms with Gasteiger partial charge >= 0.3 is 6.18 Å². The quantitative estimate of drug-likeness (QED) is 0.870. The molecule has 0 aliphatic carbocycles. The molecule has 0 fully saturated rings. The molecular weight excluding hydrogens is 284 g/mol. The van der Waals surface area contributed by atoms with Crippen LogP contribution in [0.1, 0.15) is 22.7 Å². The zero-order valence-electron chi connectivity index (χ0n) is 11.3. The first-order valence-corrected chi connectivity index (χ1v) is 6.34. The van der Waals surface area contributed by atoms with E-state index in [1.807, 2.05) is 0 Å². The third kappa shape index (κ3) is 3.78. The van der Waals surface area contributed by atoms with Crippen molar-refractivity contribution in [3.63, 3.8) is 0 Å². The van der Waals surface area contributed by atoms with Crippen molar-refractivity contribution in [1.29, 1.82) is 0 Å². The van der Waals surface area contributed by atoms with Gasteiger partial charge in [0.2, 0.25) is 0 Å². The van der Waals surface area contributed by atoms with Crippen LogP contribution < -0.4 is 5.32 Å². The van der Waals surface area contributed by atoms with Crippen LogP contribution in [0, 0.1) is 5.82 Å². The highest BCUT2D eigenvalue weighted by atomic mass is 19.4. The minimum absolute atomic E-state index is 0.0955. The molecule has 1 heterocycles. The van der Waals surface area contributed by atoms with Crippen LogP contribution in [-0.4, -0.2) is 12.0 Å². The van der Waals surface area contributed by atoms with Crippen LogP contribution in [0.5, 0.6) is 0 Å². The molecule has 1 atom stereocenters. The number of pyridine rings is 1. The topological polar surface area (TPSA) is 24.9 Å². The molecule has 1 aromatic heterocycles. The van der Waals surface area contributed by atoms with Crippen molar-refractivity contribution in [3.8, 4) is 0 Å². The average molecular weight is 298 g/mol. The predicted molar refractivity (Wildman–Crippen MR) is 71.1 cm³/mol. The molecule has 1 unspecified atom stereocenters. The van der Waals surface area contributed by atoms with Gasteiger partial charge in [-0.3, -0.25) is 4.98 Å². The molecule has 0 bridgehead atoms. The lowest BCUT2D eigenvalue weighted by Crippen LogP contribution is -2.23. The summed E-state index contributed by atoms with van der Waals surface area (Å²) in [5.41, 5.74) is -0.0964. The Kier molecular flexibility index (Phi) is 4.57. The fourth-order valence-corrected chi connectivity index (χ4v) is 2.20. The molecule has 2 nitrogen and oxygen atoms in total. The fourth-order valence-electron chi connectivity index (χ4n) is 2.20. The monoisotopic (exact) mass is 298 g/mol. The number of halogens is 4. The summed E-state index contributed by atoms with van der Waals surface area (Å²) in [5.74, 6) is -0.687. The molecule has 112 valence electrons. The van der Waals surface area contributed by atoms with E-state index in [2.05, 4.69) is 10.3 Å². The van der Waals surface area contributed by atoms with Crippen molar-refractivity contribution in [3.05, 3.63) is 65.2 Å². The zero-order valence-corrected chi connectivity index (χ0v) is 11.3. The van der Waals surface area contributed by atoms with Gasteiger partial charge in [-0.05, 0) is 54.9 Å². The first-order chi connectivity index (χ1) is 9.91. The van der Waals surface area contributed by atoms with Gasteiger partial charge in [-0.2, -0.15) is 13.2 Å². The number of likely N-dealkylation sites (N-methyl/N-ethyl adjacent to an activating group) is 1. The second kappa shape index (κ2) is 6.22. The Labute approximate surface area is 119 Å². The molecule has 1 N–H and O–H groups in total. The lowest BCUT2D eigenvalue weighted by atomic mass is 9.94. The van der Waals surface area contributed by atoms with Crippen molar-refractivity contribution in [2.45, 2.75) is 18.6 Å². The van der Waals surface area contributed by atoms with Gasteiger partial charge in [0.25, 0.3) is 0 Å². The van der Waals surface area contributed by atoms with Gasteiger partial charge in [-0.25, -0.2) is 4.39 Å². The van der Waals surface area contributed by atoms with Crippen molar-refractivity contribution >= 4 is 0 Å². The molecular formula is C15H14F4N2. The molecule has 0 radical (unpaired) electrons. The van der Waals surface area contributed by atoms with E-state index in [1.54, 1.807) is 31.6 Å². The van der Waals surface area contributed by atoms with E-state index in [1.165, 1.54) is 0 Å². The number of hydrogen-bond donors (Lipinski definition) is 1. The Hall–Kier alpha value is -1.95. The number of hydrogen-bond acceptors (Lipinski definition) is 2. The van der Waals surface area contributed by atoms with E-state index in [0.29, 0.717) is 6.42 Å². The molecule has 0 aliphatic heterocycles. The van der Waals surface area contributed by atoms with E-state index in [4.69, 9.17) is 0 Å². The summed E-state index contributed by atoms with van der Waals surface area (Å²) in [7, 11) is 1.55. The Morgan fingerprint density at radius 1 is 1.14 bits per heavy atom. The van der Waals surface area contributed by atoms with Crippen LogP contribution in [-0.2, 0) is 12.6 Å². The van der Waals surface area contributed by atoms with Crippen molar-refractivity contribution in [1.82, 2.24) is 10.3 Å². The summed E-state index contributed by atoms with van der Waals surface area (Å²) in [5, 5.41) is 2.82. The first kappa shape index (κ1) is 15.4. The number of rotatable bonds is 4. The van der Waals surface area contributed by atoms with Gasteiger partial charge in [-0.1, -0.05) is 0 Å². The van der Waals surface area contributed by atoms with Crippen LogP contribution in [0.3, 0.4) is 0 Å². The minimum Gasteiger partial charge on any atom is -0.313 e. The summed E-state index contributed by atoms with van der Waals surface area (Å²) >= 11 is 0. The molecule has 21 heavy (non-hydrogen) atoms. The van der Waals surface area contributed by atoms with Gasteiger partial charge < -0.3 is 5.32 Å². The summed E-state index contributed by atoms with van der Waals surface area (Å²) in [6.07, 6.45) is -1.07. The third-order valence-electron chi connectivity index (χ3n) is 3.23. The smallest absolute Gasteiger partial charge is 0.313 e. The molecule has 1 aromatic carbocycles. The highest BCUT2D eigenvalue weighted by Crippen LogP contribution is 2.35. The molecule has 0 amide bonds. The summed E-state index contributed by atoms with van der Waals surface area (Å²) in [4.78, 5) is 3.86. The number of nitrogens with zero attached hydrogens (tertiary/aromatic N) is 1. The Morgan fingerprint density at radius 3 is 2.38 bits per heavy atom. The molecule has 0 spiro atoms. The maximum Gasteiger partial charge on any atom is 0.416 e. The first-order valence-electron chi connectivity index (χ1n) is 6.34. The molecule has 0 saturated carbocycles. The van der Waals surface area contributed by atoms with Crippen molar-refractivity contribution < 1.29 is 17.6 Å². The Balaban J connectivity index is 2.40. The van der Waals surface area contributed by atoms with Gasteiger partial charge in [0.1, 0.15) is 5.82 Å². The molecule has 2 aromatic rings. The number of alkyl halides is 3. The fraction of sp³-hybridized carbons (Fsp3) is 0.267. The Bertz CT molecular complexity index is 596. The lowest BCUT2D eigenvalue weighted by Gasteiger charge is -2.21. The van der Waals surface area contributed by atoms with Gasteiger partial charge in [0.05, 0.1) is 5.56 Å². The highest BCUT2D eigenvalue weighted by Gasteiger charge is 2.35. The summed E-state index contributed by atoms with van der Waals surface area (Å²) in [6.45, 7) is 0. The largest absolute Gasteiger partial charge is 0.416 e. The molecule has 6 heteroatoms. The average Bonchev–Trinajstić information content (AvgIpc) is 2.44. The van der Waals surface area contributed by atoms with E-state index in [0.717, 1.165) is 23.8 Å². The number of nitrogens with one attached hydrogen (secondary N) is 1. The molecule has 0 aliphatic rings. The second-order valence-electron chi connectivity index (χ2n) is 4.63. The molecule has 0 saturated heterocycles. The third-order valence-corrected chi connectivity index (χ3v) is 3.23. The van der Waals surface area contributed by atoms with Crippen LogP contribution >= 0.6 is 0 Å². The van der Waals surface area contributed by atoms with Crippen molar-refractivity contribution in [2.24, 2.45) is 0 Å². The predicted octanol–water partition coefficient (Wildman–Crippen LogP) is 3.74. The van der Waals surface area contributed by atoms with Gasteiger partial charge in [-0.15, -0.1) is 0 Å². The van der Waals surface area contributed by atoms with E-state index in [9.17, 15) is 17.6 Å². The van der Waals surface area contributed by atoms with Crippen molar-refractivity contribution in [2.75, 3.05) is 7.05 Å². The minimum atomic E-state index is -4.52. The van der Waals surface area contributed by atoms with E-state index < -0.39 is 23.6 Å². The van der Waals surface area contributed by atoms with E-state index in [-0.39, 0.29) is 5.56 Å². The maximum absolute atomic E-state index is 13.4. The summed E-state index contributed by atoms with van der Waals surface area (Å²) < 4.78 is 52.5. The van der Waals surface area contributed by atoms with Crippen LogP contribution in [0.4, 0.5) is 17.6 Å². The Morgan fingerprint density at radius 2 is 1.81 bits per heavy atom. The highest BCUT2D eigenvalue weighted by molar-refractivity contribution is 5.34. The van der Waals surface area contributed by atoms with Crippen LogP contribution in [0.2, 0.25) is 0 Å². The van der Waals surface area contributed by atoms with Gasteiger partial charge in [0.15, 0.2) is 0 Å². The SMILES string of the molecule is CNC(Cc1ccncc1)c1cc(F)ccc1C(F)(F)F. The van der Waals surface area contributed by atoms with E-state index >= 15 is 0 Å². The van der Waals surface area contributed by atoms with Gasteiger partial charge in [0, 0.05) is 18.4 Å². The number of aromatic nitrogens is 1. The number of benzene rings is 1. The molecule has 2 rings (SSSR count). The maximum atomic E-state index is 13.4. The standard InChI is InChI=1S/C15H14F4N2/c1-20-14(8-10-4-6-21-7-5-10)12-9-11(16)2-3-13(12)15(17,18)19/h2-7,9,14,20H,8H2,1H3. The normalized spacial score (nSPS) is 13.2. The lowest BCUT2D eigenvalue weighted by molar-refractivity contribution is -0.138.